The van der Waals surface area contributed by atoms with Crippen molar-refractivity contribution in [1.29, 1.82) is 0 Å². The normalized spacial score (nSPS) is 22.3. The quantitative estimate of drug-likeness (QED) is 0.0350. The fourth-order valence-corrected chi connectivity index (χ4v) is 11.2. The standard InChI is InChI=1S/C58H88N10O18/c1-13-32(6)46(42(82-11)28-43(69)67-24-17-20-38(67)51(83-12)33(7)53(74)60-34(8)47(70)35-18-15-14-16-19-35)64(9)55(76)44(30(2)3)61-54(75)45(31(4)5)65(10)58(79)85-41(27-37-29-66(25-23-59)63-62-37)36-21-22-40(39(26-36)68(80)81)84-57-50(73)48(71)49(72)52(86-57)56(77)78/h14-16,18-19,21-22,26,29-34,38,41-42,44-52,57,70-73H,13,17,20,23-25,27-28,59H2,1-12H3,(H,60,74)(H,61,75)(H,77,78)/t32-,33+,34+,38?,41?,42+,44-,45-,46-,47+,48+,49+,50-,51+,52+,57-/m1/s1. The first-order valence-corrected chi connectivity index (χ1v) is 29.0. The molecule has 28 heteroatoms. The number of hydrogen-bond donors (Lipinski definition) is 8. The van der Waals surface area contributed by atoms with Crippen LogP contribution in [0.2, 0.25) is 0 Å². The van der Waals surface area contributed by atoms with Gasteiger partial charge in [0.15, 0.2) is 11.9 Å². The molecule has 0 radical (unpaired) electrons. The largest absolute Gasteiger partial charge is 0.479 e. The van der Waals surface area contributed by atoms with E-state index in [4.69, 9.17) is 29.4 Å². The SMILES string of the molecule is CC[C@@H](C)[C@H]([C@H](CC(=O)N1CCCC1[C@@H](OC)[C@H](C)C(=O)N[C@@H](C)[C@H](O)c1ccccc1)OC)N(C)C(=O)[C@H](NC(=O)[C@@H](C(C)C)N(C)C(=O)OC(Cc1cn(CCN)nn1)c1ccc(O[C@@H]2O[C@H](C(=O)O)[C@@H](O)[C@H](O)[C@H]2O)c([N+](=O)[O-])c1)C(C)C. The molecule has 2 aliphatic heterocycles. The van der Waals surface area contributed by atoms with Crippen molar-refractivity contribution in [3.05, 3.63) is 81.7 Å². The Hall–Kier alpha value is -6.92. The molecule has 3 heterocycles. The fraction of sp³-hybridized carbons (Fsp3) is 0.655. The number of nitro benzene ring substituents is 1. The van der Waals surface area contributed by atoms with Crippen molar-refractivity contribution in [1.82, 2.24) is 40.3 Å². The number of aliphatic carboxylic acids is 1. The summed E-state index contributed by atoms with van der Waals surface area (Å²) in [4.78, 5) is 99.9. The number of carboxylic acid groups (broad SMARTS) is 1. The number of nitro groups is 1. The molecule has 2 aromatic carbocycles. The maximum Gasteiger partial charge on any atom is 0.410 e. The van der Waals surface area contributed by atoms with Gasteiger partial charge in [-0.2, -0.15) is 0 Å². The van der Waals surface area contributed by atoms with E-state index < -0.39 is 143 Å². The molecule has 0 saturated carbocycles. The molecule has 9 N–H and O–H groups in total. The van der Waals surface area contributed by atoms with Crippen LogP contribution in [0.4, 0.5) is 10.5 Å². The van der Waals surface area contributed by atoms with Gasteiger partial charge in [0.1, 0.15) is 36.5 Å². The van der Waals surface area contributed by atoms with Crippen LogP contribution in [0.3, 0.4) is 0 Å². The van der Waals surface area contributed by atoms with E-state index in [2.05, 4.69) is 20.9 Å². The van der Waals surface area contributed by atoms with E-state index in [1.54, 1.807) is 77.8 Å². The minimum Gasteiger partial charge on any atom is -0.479 e. The second-order valence-electron chi connectivity index (χ2n) is 22.9. The number of nitrogens with one attached hydrogen (secondary N) is 2. The average Bonchev–Trinajstić information content (AvgIpc) is 1.77. The highest BCUT2D eigenvalue weighted by atomic mass is 16.7. The highest BCUT2D eigenvalue weighted by Crippen LogP contribution is 2.36. The summed E-state index contributed by atoms with van der Waals surface area (Å²) < 4.78 is 30.2. The molecule has 0 bridgehead atoms. The number of likely N-dealkylation sites (N-methyl/N-ethyl adjacent to an activating group) is 2. The third-order valence-corrected chi connectivity index (χ3v) is 16.3. The molecule has 86 heavy (non-hydrogen) atoms. The van der Waals surface area contributed by atoms with Gasteiger partial charge in [-0.1, -0.05) is 96.5 Å². The van der Waals surface area contributed by atoms with Crippen LogP contribution in [0.15, 0.2) is 54.7 Å². The Balaban J connectivity index is 1.34. The van der Waals surface area contributed by atoms with E-state index in [1.165, 1.54) is 43.1 Å². The lowest BCUT2D eigenvalue weighted by Gasteiger charge is -2.41. The Kier molecular flexibility index (Phi) is 25.7. The maximum absolute atomic E-state index is 14.9. The van der Waals surface area contributed by atoms with Crippen LogP contribution >= 0.6 is 0 Å². The number of methoxy groups -OCH3 is 2. The third kappa shape index (κ3) is 17.0. The number of aromatic nitrogens is 3. The minimum absolute atomic E-state index is 0.00909. The number of nitrogens with two attached hydrogens (primary N) is 1. The summed E-state index contributed by atoms with van der Waals surface area (Å²) in [5, 5.41) is 78.1. The first kappa shape index (κ1) is 69.8. The number of aliphatic hydroxyl groups excluding tert-OH is 4. The lowest BCUT2D eigenvalue weighted by Crippen LogP contribution is -2.61. The van der Waals surface area contributed by atoms with E-state index in [-0.39, 0.29) is 54.9 Å². The number of benzene rings is 2. The monoisotopic (exact) mass is 1210 g/mol. The summed E-state index contributed by atoms with van der Waals surface area (Å²) in [7, 11) is 5.87. The zero-order valence-electron chi connectivity index (χ0n) is 51.0. The van der Waals surface area contributed by atoms with Gasteiger partial charge in [0.25, 0.3) is 0 Å². The second-order valence-corrected chi connectivity index (χ2v) is 22.9. The molecular weight excluding hydrogens is 1120 g/mol. The van der Waals surface area contributed by atoms with Crippen LogP contribution in [0.25, 0.3) is 0 Å². The van der Waals surface area contributed by atoms with Gasteiger partial charge in [-0.3, -0.25) is 38.9 Å². The van der Waals surface area contributed by atoms with Crippen LogP contribution in [-0.2, 0) is 55.9 Å². The molecular formula is C58H88N10O18. The number of aliphatic hydroxyl groups is 4. The summed E-state index contributed by atoms with van der Waals surface area (Å²) in [6.07, 6.45) is -12.2. The van der Waals surface area contributed by atoms with E-state index in [0.29, 0.717) is 31.4 Å². The Morgan fingerprint density at radius 2 is 1.57 bits per heavy atom. The Bertz CT molecular complexity index is 2760. The van der Waals surface area contributed by atoms with Crippen LogP contribution in [-0.4, -0.2) is 210 Å². The number of carboxylic acids is 1. The van der Waals surface area contributed by atoms with Gasteiger partial charge in [-0.25, -0.2) is 9.59 Å². The van der Waals surface area contributed by atoms with Crippen LogP contribution in [0, 0.1) is 33.8 Å². The first-order valence-electron chi connectivity index (χ1n) is 29.0. The highest BCUT2D eigenvalue weighted by molar-refractivity contribution is 5.92. The van der Waals surface area contributed by atoms with Crippen molar-refractivity contribution in [2.24, 2.45) is 29.4 Å². The zero-order valence-corrected chi connectivity index (χ0v) is 51.0. The van der Waals surface area contributed by atoms with E-state index in [9.17, 15) is 64.4 Å². The van der Waals surface area contributed by atoms with Crippen molar-refractivity contribution in [2.45, 2.75) is 179 Å². The predicted molar refractivity (Wildman–Crippen MR) is 308 cm³/mol. The maximum atomic E-state index is 14.9. The molecule has 5 rings (SSSR count). The molecule has 3 aromatic rings. The van der Waals surface area contributed by atoms with E-state index in [1.807, 2.05) is 19.9 Å². The number of ether oxygens (including phenoxy) is 5. The highest BCUT2D eigenvalue weighted by Gasteiger charge is 2.49. The number of likely N-dealkylation sites (tertiary alicyclic amines) is 1. The number of nitrogens with zero attached hydrogens (tertiary/aromatic N) is 7. The summed E-state index contributed by atoms with van der Waals surface area (Å²) >= 11 is 0. The van der Waals surface area contributed by atoms with Gasteiger partial charge in [0.05, 0.1) is 65.9 Å². The molecule has 28 nitrogen and oxygen atoms in total. The lowest BCUT2D eigenvalue weighted by atomic mass is 9.89. The Morgan fingerprint density at radius 1 is 0.895 bits per heavy atom. The molecule has 478 valence electrons. The molecule has 2 unspecified atom stereocenters. The fourth-order valence-electron chi connectivity index (χ4n) is 11.2. The molecule has 0 aliphatic carbocycles. The number of carbonyl (C=O) groups is 6. The van der Waals surface area contributed by atoms with Gasteiger partial charge in [0.2, 0.25) is 29.9 Å². The molecule has 16 atom stereocenters. The predicted octanol–water partition coefficient (Wildman–Crippen LogP) is 2.09. The van der Waals surface area contributed by atoms with Crippen molar-refractivity contribution in [2.75, 3.05) is 41.4 Å². The van der Waals surface area contributed by atoms with Gasteiger partial charge < -0.3 is 75.4 Å². The number of rotatable bonds is 30. The number of hydrogen-bond acceptors (Lipinski definition) is 20. The summed E-state index contributed by atoms with van der Waals surface area (Å²) in [6.45, 7) is 15.0. The van der Waals surface area contributed by atoms with Crippen molar-refractivity contribution >= 4 is 41.4 Å². The molecule has 2 aliphatic rings. The smallest absolute Gasteiger partial charge is 0.410 e. The van der Waals surface area contributed by atoms with E-state index in [0.717, 1.165) is 17.0 Å². The molecule has 2 fully saturated rings. The summed E-state index contributed by atoms with van der Waals surface area (Å²) in [5.74, 6) is -6.16. The number of amides is 5. The molecule has 1 aromatic heterocycles. The topological polar surface area (TPSA) is 383 Å². The van der Waals surface area contributed by atoms with Gasteiger partial charge in [-0.05, 0) is 54.7 Å². The molecule has 2 saturated heterocycles. The van der Waals surface area contributed by atoms with Crippen molar-refractivity contribution in [3.63, 3.8) is 0 Å². The average molecular weight is 1210 g/mol. The van der Waals surface area contributed by atoms with E-state index >= 15 is 0 Å². The summed E-state index contributed by atoms with van der Waals surface area (Å²) in [6, 6.07) is 8.12. The summed E-state index contributed by atoms with van der Waals surface area (Å²) in [5.41, 5.74) is 5.88. The second kappa shape index (κ2) is 31.6. The van der Waals surface area contributed by atoms with Crippen molar-refractivity contribution < 1.29 is 82.9 Å². The van der Waals surface area contributed by atoms with Gasteiger partial charge in [0, 0.05) is 60.1 Å². The van der Waals surface area contributed by atoms with Gasteiger partial charge >= 0.3 is 17.7 Å². The minimum atomic E-state index is -2.07. The zero-order chi connectivity index (χ0) is 64.0. The Morgan fingerprint density at radius 3 is 2.15 bits per heavy atom. The third-order valence-electron chi connectivity index (χ3n) is 16.3. The Labute approximate surface area is 500 Å². The number of carbonyl (C=O) groups excluding carboxylic acids is 5. The van der Waals surface area contributed by atoms with Crippen LogP contribution < -0.4 is 21.1 Å². The first-order chi connectivity index (χ1) is 40.6. The van der Waals surface area contributed by atoms with Gasteiger partial charge in [-0.15, -0.1) is 5.10 Å². The van der Waals surface area contributed by atoms with Crippen LogP contribution in [0.5, 0.6) is 5.75 Å². The lowest BCUT2D eigenvalue weighted by molar-refractivity contribution is -0.387. The molecule has 0 spiro atoms. The van der Waals surface area contributed by atoms with Crippen LogP contribution in [0.1, 0.15) is 110 Å². The molecule has 5 amide bonds. The van der Waals surface area contributed by atoms with Crippen molar-refractivity contribution in [3.8, 4) is 5.75 Å².